The molecule has 0 aromatic rings. The average molecular weight is 573 g/mol. The van der Waals surface area contributed by atoms with E-state index < -0.39 is 17.9 Å². The summed E-state index contributed by atoms with van der Waals surface area (Å²) in [4.78, 5) is 29.8. The monoisotopic (exact) mass is 572 g/mol. The molecule has 0 heterocycles. The lowest BCUT2D eigenvalue weighted by atomic mass is 10.0. The number of unbranched alkanes of at least 4 members (excludes halogenated alkanes) is 16. The predicted molar refractivity (Wildman–Crippen MR) is 165 cm³/mol. The molecule has 0 aliphatic heterocycles. The summed E-state index contributed by atoms with van der Waals surface area (Å²) >= 11 is 0. The van der Waals surface area contributed by atoms with Gasteiger partial charge in [-0.05, 0) is 33.6 Å². The Labute approximate surface area is 243 Å². The first kappa shape index (κ1) is 44.6. The van der Waals surface area contributed by atoms with Gasteiger partial charge in [0, 0.05) is 16.7 Å². The highest BCUT2D eigenvalue weighted by molar-refractivity contribution is 5.86. The first-order chi connectivity index (χ1) is 18.9. The molecule has 0 radical (unpaired) electrons. The molecule has 0 spiro atoms. The van der Waals surface area contributed by atoms with Crippen LogP contribution < -0.4 is 0 Å². The van der Waals surface area contributed by atoms with E-state index in [9.17, 15) is 14.4 Å². The van der Waals surface area contributed by atoms with Gasteiger partial charge in [-0.1, -0.05) is 122 Å². The fourth-order valence-electron chi connectivity index (χ4n) is 3.10. The van der Waals surface area contributed by atoms with Crippen molar-refractivity contribution < 1.29 is 39.9 Å². The topological polar surface area (TPSA) is 152 Å². The van der Waals surface area contributed by atoms with Crippen molar-refractivity contribution in [2.45, 2.75) is 137 Å². The largest absolute Gasteiger partial charge is 0.478 e. The van der Waals surface area contributed by atoms with Gasteiger partial charge in [-0.25, -0.2) is 14.4 Å². The van der Waals surface area contributed by atoms with E-state index in [0.717, 1.165) is 12.8 Å². The van der Waals surface area contributed by atoms with Crippen molar-refractivity contribution in [3.8, 4) is 0 Å². The Morgan fingerprint density at radius 2 is 0.775 bits per heavy atom. The van der Waals surface area contributed by atoms with Gasteiger partial charge in [0.05, 0.1) is 13.2 Å². The van der Waals surface area contributed by atoms with E-state index in [1.54, 1.807) is 6.92 Å². The van der Waals surface area contributed by atoms with E-state index in [4.69, 9.17) is 25.5 Å². The molecule has 0 bridgehead atoms. The molecular weight excluding hydrogens is 512 g/mol. The molecule has 8 heteroatoms. The summed E-state index contributed by atoms with van der Waals surface area (Å²) in [5, 5.41) is 39.8. The van der Waals surface area contributed by atoms with Crippen LogP contribution in [-0.2, 0) is 14.4 Å². The van der Waals surface area contributed by atoms with Crippen molar-refractivity contribution in [2.75, 3.05) is 13.2 Å². The van der Waals surface area contributed by atoms with Gasteiger partial charge >= 0.3 is 17.9 Å². The molecule has 0 aliphatic carbocycles. The number of carbonyl (C=O) groups is 3. The molecule has 0 fully saturated rings. The second kappa shape index (κ2) is 36.5. The third-order valence-electron chi connectivity index (χ3n) is 5.68. The molecule has 0 aliphatic rings. The van der Waals surface area contributed by atoms with E-state index >= 15 is 0 Å². The van der Waals surface area contributed by atoms with E-state index in [2.05, 4.69) is 20.1 Å². The first-order valence-electron chi connectivity index (χ1n) is 14.8. The van der Waals surface area contributed by atoms with Crippen LogP contribution in [0.4, 0.5) is 0 Å². The van der Waals surface area contributed by atoms with Gasteiger partial charge in [0.25, 0.3) is 0 Å². The van der Waals surface area contributed by atoms with Crippen LogP contribution >= 0.6 is 0 Å². The van der Waals surface area contributed by atoms with Crippen LogP contribution in [0, 0.1) is 0 Å². The van der Waals surface area contributed by atoms with Crippen LogP contribution in [0.5, 0.6) is 0 Å². The minimum Gasteiger partial charge on any atom is -0.478 e. The van der Waals surface area contributed by atoms with Crippen molar-refractivity contribution in [3.63, 3.8) is 0 Å². The summed E-state index contributed by atoms with van der Waals surface area (Å²) in [5.74, 6) is -2.66. The van der Waals surface area contributed by atoms with Crippen LogP contribution in [0.3, 0.4) is 0 Å². The zero-order chi connectivity index (χ0) is 31.6. The Morgan fingerprint density at radius 1 is 0.525 bits per heavy atom. The molecule has 0 rings (SSSR count). The number of aliphatic hydroxyl groups excluding tert-OH is 2. The first-order valence-corrected chi connectivity index (χ1v) is 14.8. The lowest BCUT2D eigenvalue weighted by Gasteiger charge is -2.03. The SMILES string of the molecule is C=C(C)C(=O)O.C=C(C)C(=O)O.CCCCCCCCCCCCCCCCCCC=C(C)C(=O)O.OCCO. The zero-order valence-electron chi connectivity index (χ0n) is 25.9. The number of allylic oxidation sites excluding steroid dienone is 1. The highest BCUT2D eigenvalue weighted by Crippen LogP contribution is 2.14. The molecule has 0 atom stereocenters. The Kier molecular flexibility index (Phi) is 40.7. The fraction of sp³-hybridized carbons (Fsp3) is 0.719. The van der Waals surface area contributed by atoms with Crippen molar-refractivity contribution in [1.29, 1.82) is 0 Å². The lowest BCUT2D eigenvalue weighted by molar-refractivity contribution is -0.133. The number of aliphatic hydroxyl groups is 2. The van der Waals surface area contributed by atoms with Crippen molar-refractivity contribution in [1.82, 2.24) is 0 Å². The highest BCUT2D eigenvalue weighted by atomic mass is 16.4. The van der Waals surface area contributed by atoms with Crippen molar-refractivity contribution in [3.05, 3.63) is 36.0 Å². The highest BCUT2D eigenvalue weighted by Gasteiger charge is 1.98. The molecule has 0 saturated carbocycles. The summed E-state index contributed by atoms with van der Waals surface area (Å²) in [6.45, 7) is 12.9. The third-order valence-corrected chi connectivity index (χ3v) is 5.68. The lowest BCUT2D eigenvalue weighted by Crippen LogP contribution is -1.95. The summed E-state index contributed by atoms with van der Waals surface area (Å²) in [7, 11) is 0. The van der Waals surface area contributed by atoms with E-state index in [-0.39, 0.29) is 24.4 Å². The summed E-state index contributed by atoms with van der Waals surface area (Å²) in [5.41, 5.74) is 0.834. The molecule has 8 nitrogen and oxygen atoms in total. The number of carboxylic acids is 3. The van der Waals surface area contributed by atoms with Crippen LogP contribution in [0.1, 0.15) is 137 Å². The molecule has 0 amide bonds. The second-order valence-electron chi connectivity index (χ2n) is 9.90. The van der Waals surface area contributed by atoms with Crippen LogP contribution in [-0.4, -0.2) is 56.7 Å². The number of rotatable bonds is 21. The predicted octanol–water partition coefficient (Wildman–Crippen LogP) is 7.93. The van der Waals surface area contributed by atoms with Crippen LogP contribution in [0.2, 0.25) is 0 Å². The normalized spacial score (nSPS) is 10.1. The molecule has 0 saturated heterocycles. The molecule has 0 unspecified atom stereocenters. The second-order valence-corrected chi connectivity index (χ2v) is 9.90. The zero-order valence-corrected chi connectivity index (χ0v) is 25.9. The molecule has 5 N–H and O–H groups in total. The summed E-state index contributed by atoms with van der Waals surface area (Å²) in [6, 6.07) is 0. The van der Waals surface area contributed by atoms with Gasteiger partial charge < -0.3 is 25.5 Å². The average Bonchev–Trinajstić information content (AvgIpc) is 2.90. The molecule has 236 valence electrons. The van der Waals surface area contributed by atoms with Crippen molar-refractivity contribution in [2.24, 2.45) is 0 Å². The minimum atomic E-state index is -0.935. The number of aliphatic carboxylic acids is 3. The van der Waals surface area contributed by atoms with Gasteiger partial charge in [0.1, 0.15) is 0 Å². The Balaban J connectivity index is -0.000000327. The number of carboxylic acid groups (broad SMARTS) is 3. The Morgan fingerprint density at radius 3 is 0.975 bits per heavy atom. The summed E-state index contributed by atoms with van der Waals surface area (Å²) in [6.07, 6.45) is 24.8. The van der Waals surface area contributed by atoms with Gasteiger partial charge in [-0.15, -0.1) is 0 Å². The maximum absolute atomic E-state index is 10.6. The van der Waals surface area contributed by atoms with Gasteiger partial charge in [0.2, 0.25) is 0 Å². The molecule has 0 aromatic carbocycles. The standard InChI is InChI=1S/C22H42O2.2C4H6O2.C2H6O2/c1-3-4-5-6-7-8-9-10-11-12-13-14-15-16-17-18-19-20-21(2)22(23)24;2*1-3(2)4(5)6;3-1-2-4/h20H,3-19H2,1-2H3,(H,23,24);2*1H2,2H3,(H,5,6);3-4H,1-2H2. The van der Waals surface area contributed by atoms with E-state index in [1.807, 2.05) is 6.08 Å². The fourth-order valence-corrected chi connectivity index (χ4v) is 3.10. The maximum Gasteiger partial charge on any atom is 0.330 e. The quantitative estimate of drug-likeness (QED) is 0.0686. The minimum absolute atomic E-state index is 0.125. The van der Waals surface area contributed by atoms with Gasteiger partial charge in [-0.3, -0.25) is 0 Å². The van der Waals surface area contributed by atoms with Crippen LogP contribution in [0.25, 0.3) is 0 Å². The molecule has 0 aromatic heterocycles. The number of hydrogen-bond acceptors (Lipinski definition) is 5. The van der Waals surface area contributed by atoms with Crippen LogP contribution in [0.15, 0.2) is 36.0 Å². The molecular formula is C32H60O8. The molecule has 40 heavy (non-hydrogen) atoms. The van der Waals surface area contributed by atoms with Gasteiger partial charge in [0.15, 0.2) is 0 Å². The van der Waals surface area contributed by atoms with Gasteiger partial charge in [-0.2, -0.15) is 0 Å². The Hall–Kier alpha value is -2.45. The van der Waals surface area contributed by atoms with Crippen molar-refractivity contribution >= 4 is 17.9 Å². The number of hydrogen-bond donors (Lipinski definition) is 5. The third kappa shape index (κ3) is 48.6. The maximum atomic E-state index is 10.6. The summed E-state index contributed by atoms with van der Waals surface area (Å²) < 4.78 is 0. The van der Waals surface area contributed by atoms with E-state index in [0.29, 0.717) is 5.57 Å². The smallest absolute Gasteiger partial charge is 0.330 e. The van der Waals surface area contributed by atoms with E-state index in [1.165, 1.54) is 110 Å². The Bertz CT molecular complexity index is 618.